The Hall–Kier alpha value is -2.87. The number of hydrogen-bond acceptors (Lipinski definition) is 5. The Kier molecular flexibility index (Phi) is 6.03. The molecule has 1 aromatic carbocycles. The van der Waals surface area contributed by atoms with Crippen LogP contribution < -0.4 is 10.2 Å². The van der Waals surface area contributed by atoms with Crippen molar-refractivity contribution in [3.05, 3.63) is 41.7 Å². The van der Waals surface area contributed by atoms with Crippen molar-refractivity contribution in [1.82, 2.24) is 19.6 Å². The average molecular weight is 411 g/mol. The Morgan fingerprint density at radius 1 is 1.03 bits per heavy atom. The number of carbonyl (C=O) groups is 2. The minimum Gasteiger partial charge on any atom is -0.372 e. The van der Waals surface area contributed by atoms with Crippen LogP contribution in [-0.4, -0.2) is 70.8 Å². The van der Waals surface area contributed by atoms with E-state index < -0.39 is 0 Å². The number of rotatable bonds is 4. The minimum absolute atomic E-state index is 0.155. The summed E-state index contributed by atoms with van der Waals surface area (Å²) in [7, 11) is 0. The van der Waals surface area contributed by atoms with Crippen LogP contribution in [0.2, 0.25) is 0 Å². The zero-order valence-corrected chi connectivity index (χ0v) is 17.8. The van der Waals surface area contributed by atoms with Gasteiger partial charge in [-0.25, -0.2) is 4.79 Å². The second kappa shape index (κ2) is 8.87. The molecule has 0 spiro atoms. The normalized spacial score (nSPS) is 17.4. The molecule has 1 aromatic heterocycles. The SMILES string of the molecule is CC(=O)Nc1cnn(C(=O)N2CCN(Cc3cc(C)cc(N4CCCC4)c3)CC2)c1. The predicted octanol–water partition coefficient (Wildman–Crippen LogP) is 2.54. The molecule has 2 amide bonds. The largest absolute Gasteiger partial charge is 0.372 e. The maximum Gasteiger partial charge on any atom is 0.344 e. The summed E-state index contributed by atoms with van der Waals surface area (Å²) >= 11 is 0. The van der Waals surface area contributed by atoms with Gasteiger partial charge in [0.2, 0.25) is 5.91 Å². The summed E-state index contributed by atoms with van der Waals surface area (Å²) in [4.78, 5) is 30.5. The van der Waals surface area contributed by atoms with Gasteiger partial charge in [0.05, 0.1) is 18.1 Å². The van der Waals surface area contributed by atoms with Crippen molar-refractivity contribution in [3.8, 4) is 0 Å². The van der Waals surface area contributed by atoms with Crippen molar-refractivity contribution in [1.29, 1.82) is 0 Å². The van der Waals surface area contributed by atoms with Gasteiger partial charge in [0.25, 0.3) is 0 Å². The van der Waals surface area contributed by atoms with E-state index in [1.54, 1.807) is 6.20 Å². The lowest BCUT2D eigenvalue weighted by atomic mass is 10.1. The van der Waals surface area contributed by atoms with Gasteiger partial charge in [-0.15, -0.1) is 0 Å². The Labute approximate surface area is 177 Å². The fraction of sp³-hybridized carbons (Fsp3) is 0.500. The van der Waals surface area contributed by atoms with Gasteiger partial charge in [-0.05, 0) is 43.0 Å². The van der Waals surface area contributed by atoms with E-state index in [0.29, 0.717) is 18.8 Å². The van der Waals surface area contributed by atoms with Crippen LogP contribution in [-0.2, 0) is 11.3 Å². The number of amides is 2. The highest BCUT2D eigenvalue weighted by atomic mass is 16.2. The van der Waals surface area contributed by atoms with Gasteiger partial charge in [-0.3, -0.25) is 9.69 Å². The first-order valence-electron chi connectivity index (χ1n) is 10.7. The molecule has 2 saturated heterocycles. The van der Waals surface area contributed by atoms with Gasteiger partial charge < -0.3 is 15.1 Å². The third-order valence-electron chi connectivity index (χ3n) is 5.74. The molecule has 2 aromatic rings. The van der Waals surface area contributed by atoms with Crippen LogP contribution in [0.1, 0.15) is 30.9 Å². The Morgan fingerprint density at radius 3 is 2.47 bits per heavy atom. The summed E-state index contributed by atoms with van der Waals surface area (Å²) in [5, 5.41) is 6.72. The second-order valence-corrected chi connectivity index (χ2v) is 8.27. The highest BCUT2D eigenvalue weighted by molar-refractivity contribution is 5.89. The van der Waals surface area contributed by atoms with E-state index in [9.17, 15) is 9.59 Å². The Bertz CT molecular complexity index is 910. The van der Waals surface area contributed by atoms with Gasteiger partial charge in [0, 0.05) is 58.4 Å². The molecular formula is C22H30N6O2. The smallest absolute Gasteiger partial charge is 0.344 e. The van der Waals surface area contributed by atoms with E-state index in [1.165, 1.54) is 47.5 Å². The maximum absolute atomic E-state index is 12.7. The number of aromatic nitrogens is 2. The number of benzene rings is 1. The van der Waals surface area contributed by atoms with Crippen LogP contribution in [0.25, 0.3) is 0 Å². The molecule has 2 aliphatic heterocycles. The molecule has 3 heterocycles. The molecule has 8 heteroatoms. The van der Waals surface area contributed by atoms with Crippen molar-refractivity contribution in [2.75, 3.05) is 49.5 Å². The number of anilines is 2. The molecule has 160 valence electrons. The third kappa shape index (κ3) is 4.81. The van der Waals surface area contributed by atoms with Crippen LogP contribution in [0.4, 0.5) is 16.2 Å². The van der Waals surface area contributed by atoms with Crippen molar-refractivity contribution < 1.29 is 9.59 Å². The van der Waals surface area contributed by atoms with Crippen LogP contribution in [0, 0.1) is 6.92 Å². The van der Waals surface area contributed by atoms with Crippen molar-refractivity contribution in [3.63, 3.8) is 0 Å². The first-order chi connectivity index (χ1) is 14.5. The molecule has 1 N–H and O–H groups in total. The fourth-order valence-corrected chi connectivity index (χ4v) is 4.29. The van der Waals surface area contributed by atoms with E-state index in [2.05, 4.69) is 45.3 Å². The first kappa shape index (κ1) is 20.4. The average Bonchev–Trinajstić information content (AvgIpc) is 3.39. The maximum atomic E-state index is 12.7. The lowest BCUT2D eigenvalue weighted by molar-refractivity contribution is -0.114. The molecule has 0 atom stereocenters. The van der Waals surface area contributed by atoms with E-state index in [-0.39, 0.29) is 11.9 Å². The number of nitrogens with one attached hydrogen (secondary N) is 1. The number of carbonyl (C=O) groups excluding carboxylic acids is 2. The third-order valence-corrected chi connectivity index (χ3v) is 5.74. The van der Waals surface area contributed by atoms with E-state index in [4.69, 9.17) is 0 Å². The number of nitrogens with zero attached hydrogens (tertiary/aromatic N) is 5. The Balaban J connectivity index is 1.33. The van der Waals surface area contributed by atoms with Gasteiger partial charge in [-0.1, -0.05) is 6.07 Å². The van der Waals surface area contributed by atoms with E-state index in [1.807, 2.05) is 4.90 Å². The summed E-state index contributed by atoms with van der Waals surface area (Å²) in [5.41, 5.74) is 4.51. The van der Waals surface area contributed by atoms with Crippen molar-refractivity contribution in [2.24, 2.45) is 0 Å². The van der Waals surface area contributed by atoms with E-state index in [0.717, 1.165) is 32.7 Å². The lowest BCUT2D eigenvalue weighted by Crippen LogP contribution is -2.49. The van der Waals surface area contributed by atoms with Gasteiger partial charge in [0.15, 0.2) is 0 Å². The molecule has 0 radical (unpaired) electrons. The zero-order valence-electron chi connectivity index (χ0n) is 17.8. The molecular weight excluding hydrogens is 380 g/mol. The fourth-order valence-electron chi connectivity index (χ4n) is 4.29. The molecule has 8 nitrogen and oxygen atoms in total. The molecule has 0 unspecified atom stereocenters. The van der Waals surface area contributed by atoms with Crippen LogP contribution in [0.5, 0.6) is 0 Å². The summed E-state index contributed by atoms with van der Waals surface area (Å²) < 4.78 is 1.30. The van der Waals surface area contributed by atoms with Crippen molar-refractivity contribution >= 4 is 23.3 Å². The molecule has 30 heavy (non-hydrogen) atoms. The number of aryl methyl sites for hydroxylation is 1. The van der Waals surface area contributed by atoms with Crippen molar-refractivity contribution in [2.45, 2.75) is 33.2 Å². The van der Waals surface area contributed by atoms with Gasteiger partial charge in [0.1, 0.15) is 0 Å². The topological polar surface area (TPSA) is 73.7 Å². The second-order valence-electron chi connectivity index (χ2n) is 8.27. The minimum atomic E-state index is -0.181. The Morgan fingerprint density at radius 2 is 1.77 bits per heavy atom. The highest BCUT2D eigenvalue weighted by Crippen LogP contribution is 2.24. The molecule has 2 aliphatic rings. The molecule has 0 bridgehead atoms. The van der Waals surface area contributed by atoms with Gasteiger partial charge >= 0.3 is 6.03 Å². The monoisotopic (exact) mass is 410 g/mol. The summed E-state index contributed by atoms with van der Waals surface area (Å²) in [5.74, 6) is -0.181. The summed E-state index contributed by atoms with van der Waals surface area (Å²) in [6.07, 6.45) is 5.61. The van der Waals surface area contributed by atoms with Crippen LogP contribution in [0.3, 0.4) is 0 Å². The van der Waals surface area contributed by atoms with Crippen LogP contribution >= 0.6 is 0 Å². The highest BCUT2D eigenvalue weighted by Gasteiger charge is 2.23. The quantitative estimate of drug-likeness (QED) is 0.839. The molecule has 4 rings (SSSR count). The number of hydrogen-bond donors (Lipinski definition) is 1. The molecule has 0 saturated carbocycles. The first-order valence-corrected chi connectivity index (χ1v) is 10.7. The van der Waals surface area contributed by atoms with E-state index >= 15 is 0 Å². The lowest BCUT2D eigenvalue weighted by Gasteiger charge is -2.34. The summed E-state index contributed by atoms with van der Waals surface area (Å²) in [6, 6.07) is 6.72. The molecule has 0 aliphatic carbocycles. The van der Waals surface area contributed by atoms with Crippen LogP contribution in [0.15, 0.2) is 30.6 Å². The molecule has 2 fully saturated rings. The zero-order chi connectivity index (χ0) is 21.1. The summed E-state index contributed by atoms with van der Waals surface area (Å²) in [6.45, 7) is 9.80. The van der Waals surface area contributed by atoms with Gasteiger partial charge in [-0.2, -0.15) is 9.78 Å². The standard InChI is InChI=1S/C22H30N6O2/c1-17-11-19(13-21(12-17)26-5-3-4-6-26)15-25-7-9-27(10-8-25)22(30)28-16-20(14-23-28)24-18(2)29/h11-14,16H,3-10,15H2,1-2H3,(H,24,29). The number of piperazine rings is 1. The predicted molar refractivity (Wildman–Crippen MR) is 117 cm³/mol.